The molecule has 0 spiro atoms. The fourth-order valence-electron chi connectivity index (χ4n) is 3.25. The van der Waals surface area contributed by atoms with Crippen LogP contribution in [0.15, 0.2) is 24.3 Å². The van der Waals surface area contributed by atoms with E-state index in [0.717, 1.165) is 18.5 Å². The molecular formula is C17H27NO. The fourth-order valence-corrected chi connectivity index (χ4v) is 3.25. The molecule has 0 fully saturated rings. The van der Waals surface area contributed by atoms with Crippen LogP contribution >= 0.6 is 0 Å². The summed E-state index contributed by atoms with van der Waals surface area (Å²) in [7, 11) is 2.16. The molecule has 1 N–H and O–H groups in total. The van der Waals surface area contributed by atoms with Crippen LogP contribution in [-0.4, -0.2) is 29.6 Å². The topological polar surface area (TPSA) is 23.5 Å². The van der Waals surface area contributed by atoms with Gasteiger partial charge in [-0.15, -0.1) is 0 Å². The van der Waals surface area contributed by atoms with Gasteiger partial charge in [0.2, 0.25) is 0 Å². The highest BCUT2D eigenvalue weighted by molar-refractivity contribution is 5.35. The van der Waals surface area contributed by atoms with Crippen molar-refractivity contribution in [1.29, 1.82) is 0 Å². The van der Waals surface area contributed by atoms with Gasteiger partial charge in [0.15, 0.2) is 0 Å². The standard InChI is InChI=1S/C17H27NO/c1-4-5-8-11-18(3)16-12-13(2)14-9-6-7-10-15(14)17(16)19/h6-7,9-10,13,16-17,19H,4-5,8,11-12H2,1-3H3. The third kappa shape index (κ3) is 3.18. The third-order valence-electron chi connectivity index (χ3n) is 4.49. The van der Waals surface area contributed by atoms with Crippen LogP contribution in [-0.2, 0) is 0 Å². The first kappa shape index (κ1) is 14.5. The molecule has 0 aliphatic heterocycles. The normalized spacial score (nSPS) is 26.5. The van der Waals surface area contributed by atoms with E-state index in [4.69, 9.17) is 0 Å². The maximum Gasteiger partial charge on any atom is 0.0948 e. The Labute approximate surface area is 117 Å². The molecule has 1 aliphatic carbocycles. The molecule has 0 bridgehead atoms. The van der Waals surface area contributed by atoms with E-state index >= 15 is 0 Å². The van der Waals surface area contributed by atoms with Crippen molar-refractivity contribution < 1.29 is 5.11 Å². The van der Waals surface area contributed by atoms with Gasteiger partial charge in [0.05, 0.1) is 6.10 Å². The van der Waals surface area contributed by atoms with E-state index < -0.39 is 0 Å². The number of fused-ring (bicyclic) bond motifs is 1. The van der Waals surface area contributed by atoms with Crippen LogP contribution in [0, 0.1) is 0 Å². The number of hydrogen-bond acceptors (Lipinski definition) is 2. The molecule has 1 aromatic rings. The summed E-state index contributed by atoms with van der Waals surface area (Å²) in [4.78, 5) is 2.35. The van der Waals surface area contributed by atoms with Crippen LogP contribution in [0.1, 0.15) is 62.7 Å². The summed E-state index contributed by atoms with van der Waals surface area (Å²) in [6.45, 7) is 5.59. The number of unbranched alkanes of at least 4 members (excludes halogenated alkanes) is 2. The lowest BCUT2D eigenvalue weighted by molar-refractivity contribution is 0.0441. The Bertz CT molecular complexity index is 404. The molecule has 0 amide bonds. The molecule has 2 nitrogen and oxygen atoms in total. The van der Waals surface area contributed by atoms with Gasteiger partial charge in [-0.1, -0.05) is 51.0 Å². The van der Waals surface area contributed by atoms with Crippen molar-refractivity contribution in [3.05, 3.63) is 35.4 Å². The van der Waals surface area contributed by atoms with E-state index in [-0.39, 0.29) is 12.1 Å². The molecule has 106 valence electrons. The van der Waals surface area contributed by atoms with Crippen LogP contribution in [0.3, 0.4) is 0 Å². The van der Waals surface area contributed by atoms with E-state index in [0.29, 0.717) is 5.92 Å². The highest BCUT2D eigenvalue weighted by Crippen LogP contribution is 2.39. The van der Waals surface area contributed by atoms with Gasteiger partial charge in [0, 0.05) is 6.04 Å². The minimum Gasteiger partial charge on any atom is -0.387 e. The minimum atomic E-state index is -0.334. The summed E-state index contributed by atoms with van der Waals surface area (Å²) in [6, 6.07) is 8.63. The lowest BCUT2D eigenvalue weighted by atomic mass is 9.79. The van der Waals surface area contributed by atoms with Crippen molar-refractivity contribution in [2.24, 2.45) is 0 Å². The SMILES string of the molecule is CCCCCN(C)C1CC(C)c2ccccc2C1O. The smallest absolute Gasteiger partial charge is 0.0948 e. The minimum absolute atomic E-state index is 0.266. The Hall–Kier alpha value is -0.860. The Morgan fingerprint density at radius 2 is 1.89 bits per heavy atom. The summed E-state index contributed by atoms with van der Waals surface area (Å²) in [6.07, 6.45) is 4.48. The molecule has 2 rings (SSSR count). The van der Waals surface area contributed by atoms with Crippen LogP contribution in [0.2, 0.25) is 0 Å². The third-order valence-corrected chi connectivity index (χ3v) is 4.49. The number of hydrogen-bond donors (Lipinski definition) is 1. The molecule has 1 aromatic carbocycles. The maximum atomic E-state index is 10.6. The van der Waals surface area contributed by atoms with Gasteiger partial charge in [-0.3, -0.25) is 0 Å². The Balaban J connectivity index is 2.08. The highest BCUT2D eigenvalue weighted by atomic mass is 16.3. The molecule has 19 heavy (non-hydrogen) atoms. The van der Waals surface area contributed by atoms with Crippen molar-refractivity contribution >= 4 is 0 Å². The van der Waals surface area contributed by atoms with E-state index in [9.17, 15) is 5.11 Å². The van der Waals surface area contributed by atoms with Crippen LogP contribution in [0.4, 0.5) is 0 Å². The van der Waals surface area contributed by atoms with Gasteiger partial charge in [0.1, 0.15) is 0 Å². The van der Waals surface area contributed by atoms with E-state index in [2.05, 4.69) is 44.0 Å². The van der Waals surface area contributed by atoms with Gasteiger partial charge < -0.3 is 10.0 Å². The molecular weight excluding hydrogens is 234 g/mol. The Morgan fingerprint density at radius 1 is 1.21 bits per heavy atom. The predicted octanol–water partition coefficient (Wildman–Crippen LogP) is 3.72. The quantitative estimate of drug-likeness (QED) is 0.817. The largest absolute Gasteiger partial charge is 0.387 e. The molecule has 3 atom stereocenters. The molecule has 1 aliphatic rings. The zero-order valence-electron chi connectivity index (χ0n) is 12.5. The lowest BCUT2D eigenvalue weighted by Crippen LogP contribution is -2.41. The Kier molecular flexibility index (Phi) is 5.00. The van der Waals surface area contributed by atoms with Crippen molar-refractivity contribution in [3.63, 3.8) is 0 Å². The van der Waals surface area contributed by atoms with Gasteiger partial charge >= 0.3 is 0 Å². The second-order valence-electron chi connectivity index (χ2n) is 5.97. The highest BCUT2D eigenvalue weighted by Gasteiger charge is 2.33. The van der Waals surface area contributed by atoms with E-state index in [1.54, 1.807) is 0 Å². The predicted molar refractivity (Wildman–Crippen MR) is 80.4 cm³/mol. The molecule has 0 heterocycles. The summed E-state index contributed by atoms with van der Waals surface area (Å²) >= 11 is 0. The number of benzene rings is 1. The van der Waals surface area contributed by atoms with Crippen molar-refractivity contribution in [2.75, 3.05) is 13.6 Å². The molecule has 0 aromatic heterocycles. The second-order valence-corrected chi connectivity index (χ2v) is 5.97. The molecule has 0 saturated carbocycles. The van der Waals surface area contributed by atoms with Gasteiger partial charge in [-0.2, -0.15) is 0 Å². The number of likely N-dealkylation sites (N-methyl/N-ethyl adjacent to an activating group) is 1. The average Bonchev–Trinajstić information content (AvgIpc) is 2.43. The average molecular weight is 261 g/mol. The van der Waals surface area contributed by atoms with Crippen molar-refractivity contribution in [3.8, 4) is 0 Å². The molecule has 3 unspecified atom stereocenters. The maximum absolute atomic E-state index is 10.6. The zero-order chi connectivity index (χ0) is 13.8. The van der Waals surface area contributed by atoms with Crippen LogP contribution < -0.4 is 0 Å². The summed E-state index contributed by atoms with van der Waals surface area (Å²) in [5.41, 5.74) is 2.46. The number of aliphatic hydroxyl groups is 1. The van der Waals surface area contributed by atoms with E-state index in [1.165, 1.54) is 24.8 Å². The first-order valence-electron chi connectivity index (χ1n) is 7.62. The van der Waals surface area contributed by atoms with Gasteiger partial charge in [-0.25, -0.2) is 0 Å². The van der Waals surface area contributed by atoms with Gasteiger partial charge in [0.25, 0.3) is 0 Å². The Morgan fingerprint density at radius 3 is 2.58 bits per heavy atom. The van der Waals surface area contributed by atoms with Gasteiger partial charge in [-0.05, 0) is 43.5 Å². The van der Waals surface area contributed by atoms with Crippen molar-refractivity contribution in [2.45, 2.75) is 57.6 Å². The summed E-state index contributed by atoms with van der Waals surface area (Å²) in [5.74, 6) is 0.540. The number of rotatable bonds is 5. The van der Waals surface area contributed by atoms with E-state index in [1.807, 2.05) is 6.07 Å². The molecule has 2 heteroatoms. The molecule has 0 radical (unpaired) electrons. The number of nitrogens with zero attached hydrogens (tertiary/aromatic N) is 1. The van der Waals surface area contributed by atoms with Crippen LogP contribution in [0.5, 0.6) is 0 Å². The fraction of sp³-hybridized carbons (Fsp3) is 0.647. The van der Waals surface area contributed by atoms with Crippen LogP contribution in [0.25, 0.3) is 0 Å². The summed E-state index contributed by atoms with van der Waals surface area (Å²) < 4.78 is 0. The van der Waals surface area contributed by atoms with Crippen molar-refractivity contribution in [1.82, 2.24) is 4.90 Å². The number of aliphatic hydroxyl groups excluding tert-OH is 1. The monoisotopic (exact) mass is 261 g/mol. The second kappa shape index (κ2) is 6.53. The zero-order valence-corrected chi connectivity index (χ0v) is 12.5. The molecule has 0 saturated heterocycles. The first-order chi connectivity index (χ1) is 9.15. The lowest BCUT2D eigenvalue weighted by Gasteiger charge is -2.39. The first-order valence-corrected chi connectivity index (χ1v) is 7.62. The summed E-state index contributed by atoms with van der Waals surface area (Å²) in [5, 5.41) is 10.6.